The van der Waals surface area contributed by atoms with Gasteiger partial charge in [-0.2, -0.15) is 0 Å². The van der Waals surface area contributed by atoms with E-state index in [1.165, 1.54) is 23.0 Å². The average Bonchev–Trinajstić information content (AvgIpc) is 3.09. The zero-order chi connectivity index (χ0) is 22.8. The molecule has 0 radical (unpaired) electrons. The zero-order valence-corrected chi connectivity index (χ0v) is 18.7. The van der Waals surface area contributed by atoms with Crippen LogP contribution in [0.25, 0.3) is 6.08 Å². The quantitative estimate of drug-likeness (QED) is 0.604. The number of fused-ring (bicyclic) bond motifs is 1. The van der Waals surface area contributed by atoms with Crippen LogP contribution in [0.1, 0.15) is 31.0 Å². The number of phenolic OH excluding ortho intramolecular Hbond substituents is 1. The summed E-state index contributed by atoms with van der Waals surface area (Å²) in [6.07, 6.45) is 1.60. The highest BCUT2D eigenvalue weighted by molar-refractivity contribution is 7.07. The maximum Gasteiger partial charge on any atom is 0.338 e. The molecule has 4 rings (SSSR count). The SMILES string of the molecule is CCOC(=O)C1=C(C)N=c2sc(=Cc3cccc(OC)c3O)c(=O)n2[C@H]1c1ccccc1. The minimum Gasteiger partial charge on any atom is -0.504 e. The molecule has 0 fully saturated rings. The van der Waals surface area contributed by atoms with Crippen LogP contribution in [0.2, 0.25) is 0 Å². The van der Waals surface area contributed by atoms with Gasteiger partial charge in [0.2, 0.25) is 0 Å². The van der Waals surface area contributed by atoms with E-state index < -0.39 is 12.0 Å². The standard InChI is InChI=1S/C24H22N2O5S/c1-4-31-23(29)19-14(2)25-24-26(20(19)15-9-6-5-7-10-15)22(28)18(32-24)13-16-11-8-12-17(30-3)21(16)27/h5-13,20,27H,4H2,1-3H3/t20-/m0/s1. The first-order valence-electron chi connectivity index (χ1n) is 10.1. The number of phenols is 1. The third-order valence-corrected chi connectivity index (χ3v) is 6.15. The number of esters is 1. The predicted molar refractivity (Wildman–Crippen MR) is 121 cm³/mol. The van der Waals surface area contributed by atoms with E-state index in [-0.39, 0.29) is 17.9 Å². The van der Waals surface area contributed by atoms with Gasteiger partial charge in [-0.05, 0) is 31.6 Å². The fourth-order valence-corrected chi connectivity index (χ4v) is 4.74. The van der Waals surface area contributed by atoms with Crippen LogP contribution < -0.4 is 19.6 Å². The number of allylic oxidation sites excluding steroid dienone is 1. The molecule has 164 valence electrons. The molecule has 2 heterocycles. The van der Waals surface area contributed by atoms with Gasteiger partial charge in [-0.25, -0.2) is 9.79 Å². The van der Waals surface area contributed by atoms with Gasteiger partial charge in [0.15, 0.2) is 16.3 Å². The normalized spacial score (nSPS) is 15.8. The number of rotatable bonds is 5. The van der Waals surface area contributed by atoms with Gasteiger partial charge >= 0.3 is 5.97 Å². The summed E-state index contributed by atoms with van der Waals surface area (Å²) in [5.41, 5.74) is 1.77. The zero-order valence-electron chi connectivity index (χ0n) is 17.9. The molecule has 2 aromatic carbocycles. The van der Waals surface area contributed by atoms with Crippen molar-refractivity contribution in [3.8, 4) is 11.5 Å². The lowest BCUT2D eigenvalue weighted by molar-refractivity contribution is -0.139. The number of aromatic hydroxyl groups is 1. The molecule has 0 spiro atoms. The maximum atomic E-state index is 13.5. The number of para-hydroxylation sites is 1. The van der Waals surface area contributed by atoms with Crippen molar-refractivity contribution >= 4 is 23.4 Å². The molecular formula is C24H22N2O5S. The molecule has 0 aliphatic carbocycles. The Morgan fingerprint density at radius 2 is 1.97 bits per heavy atom. The van der Waals surface area contributed by atoms with Gasteiger partial charge in [0.25, 0.3) is 5.56 Å². The number of ether oxygens (including phenoxy) is 2. The van der Waals surface area contributed by atoms with Crippen LogP contribution in [0.15, 0.2) is 69.6 Å². The maximum absolute atomic E-state index is 13.5. The summed E-state index contributed by atoms with van der Waals surface area (Å²) in [5.74, 6) is -0.236. The number of hydrogen-bond donors (Lipinski definition) is 1. The van der Waals surface area contributed by atoms with Crippen LogP contribution in [-0.2, 0) is 9.53 Å². The Hall–Kier alpha value is -3.65. The molecule has 3 aromatic rings. The molecule has 0 unspecified atom stereocenters. The highest BCUT2D eigenvalue weighted by Crippen LogP contribution is 2.31. The Labute approximate surface area is 188 Å². The highest BCUT2D eigenvalue weighted by atomic mass is 32.1. The van der Waals surface area contributed by atoms with Crippen LogP contribution >= 0.6 is 11.3 Å². The second kappa shape index (κ2) is 8.84. The molecule has 0 saturated carbocycles. The summed E-state index contributed by atoms with van der Waals surface area (Å²) in [7, 11) is 1.46. The summed E-state index contributed by atoms with van der Waals surface area (Å²) in [5, 5.41) is 10.4. The smallest absolute Gasteiger partial charge is 0.338 e. The van der Waals surface area contributed by atoms with E-state index in [2.05, 4.69) is 4.99 Å². The number of carbonyl (C=O) groups excluding carboxylic acids is 1. The predicted octanol–water partition coefficient (Wildman–Crippen LogP) is 2.51. The number of methoxy groups -OCH3 is 1. The van der Waals surface area contributed by atoms with Crippen molar-refractivity contribution in [2.45, 2.75) is 19.9 Å². The molecule has 7 nitrogen and oxygen atoms in total. The third-order valence-electron chi connectivity index (χ3n) is 5.17. The van der Waals surface area contributed by atoms with Crippen molar-refractivity contribution in [3.63, 3.8) is 0 Å². The molecule has 1 aliphatic heterocycles. The van der Waals surface area contributed by atoms with Crippen molar-refractivity contribution in [2.24, 2.45) is 4.99 Å². The van der Waals surface area contributed by atoms with Crippen LogP contribution in [-0.4, -0.2) is 29.4 Å². The number of aromatic nitrogens is 1. The lowest BCUT2D eigenvalue weighted by Gasteiger charge is -2.24. The minimum atomic E-state index is -0.660. The number of nitrogens with zero attached hydrogens (tertiary/aromatic N) is 2. The monoisotopic (exact) mass is 450 g/mol. The summed E-state index contributed by atoms with van der Waals surface area (Å²) in [6, 6.07) is 13.7. The van der Waals surface area contributed by atoms with Gasteiger partial charge < -0.3 is 14.6 Å². The van der Waals surface area contributed by atoms with Gasteiger partial charge in [0.1, 0.15) is 0 Å². The summed E-state index contributed by atoms with van der Waals surface area (Å²) >= 11 is 1.20. The number of hydrogen-bond acceptors (Lipinski definition) is 7. The summed E-state index contributed by atoms with van der Waals surface area (Å²) < 4.78 is 12.3. The fraction of sp³-hybridized carbons (Fsp3) is 0.208. The molecule has 1 aromatic heterocycles. The van der Waals surface area contributed by atoms with Gasteiger partial charge in [-0.3, -0.25) is 9.36 Å². The summed E-state index contributed by atoms with van der Waals surface area (Å²) in [6.45, 7) is 3.70. The first kappa shape index (κ1) is 21.6. The Balaban J connectivity index is 1.96. The summed E-state index contributed by atoms with van der Waals surface area (Å²) in [4.78, 5) is 31.3. The molecule has 0 bridgehead atoms. The number of thiazole rings is 1. The molecule has 0 amide bonds. The van der Waals surface area contributed by atoms with E-state index in [0.29, 0.717) is 31.9 Å². The second-order valence-electron chi connectivity index (χ2n) is 7.11. The lowest BCUT2D eigenvalue weighted by Crippen LogP contribution is -2.39. The largest absolute Gasteiger partial charge is 0.504 e. The minimum absolute atomic E-state index is 0.0520. The average molecular weight is 451 g/mol. The van der Waals surface area contributed by atoms with Gasteiger partial charge in [-0.1, -0.05) is 53.8 Å². The van der Waals surface area contributed by atoms with Crippen molar-refractivity contribution in [2.75, 3.05) is 13.7 Å². The Morgan fingerprint density at radius 1 is 1.22 bits per heavy atom. The highest BCUT2D eigenvalue weighted by Gasteiger charge is 2.33. The first-order chi connectivity index (χ1) is 15.5. The first-order valence-corrected chi connectivity index (χ1v) is 10.9. The molecule has 1 aliphatic rings. The second-order valence-corrected chi connectivity index (χ2v) is 8.12. The van der Waals surface area contributed by atoms with Gasteiger partial charge in [0.05, 0.1) is 35.6 Å². The molecule has 32 heavy (non-hydrogen) atoms. The van der Waals surface area contributed by atoms with E-state index in [0.717, 1.165) is 5.56 Å². The molecule has 1 N–H and O–H groups in total. The van der Waals surface area contributed by atoms with Crippen molar-refractivity contribution < 1.29 is 19.4 Å². The molecule has 1 atom stereocenters. The molecular weight excluding hydrogens is 428 g/mol. The Bertz CT molecular complexity index is 1390. The van der Waals surface area contributed by atoms with E-state index in [1.807, 2.05) is 30.3 Å². The number of carbonyl (C=O) groups is 1. The van der Waals surface area contributed by atoms with Crippen LogP contribution in [0.4, 0.5) is 0 Å². The van der Waals surface area contributed by atoms with Crippen molar-refractivity contribution in [1.29, 1.82) is 0 Å². The van der Waals surface area contributed by atoms with Crippen molar-refractivity contribution in [3.05, 3.63) is 90.6 Å². The Morgan fingerprint density at radius 3 is 2.66 bits per heavy atom. The number of benzene rings is 2. The van der Waals surface area contributed by atoms with Crippen LogP contribution in [0.5, 0.6) is 11.5 Å². The van der Waals surface area contributed by atoms with Crippen LogP contribution in [0.3, 0.4) is 0 Å². The van der Waals surface area contributed by atoms with Gasteiger partial charge in [-0.15, -0.1) is 0 Å². The van der Waals surface area contributed by atoms with Crippen LogP contribution in [0, 0.1) is 0 Å². The van der Waals surface area contributed by atoms with E-state index in [9.17, 15) is 14.7 Å². The fourth-order valence-electron chi connectivity index (χ4n) is 3.70. The topological polar surface area (TPSA) is 90.1 Å². The van der Waals surface area contributed by atoms with E-state index in [4.69, 9.17) is 9.47 Å². The van der Waals surface area contributed by atoms with Gasteiger partial charge in [0, 0.05) is 5.56 Å². The lowest BCUT2D eigenvalue weighted by atomic mass is 9.96. The third kappa shape index (κ3) is 3.73. The molecule has 0 saturated heterocycles. The van der Waals surface area contributed by atoms with E-state index in [1.54, 1.807) is 38.1 Å². The van der Waals surface area contributed by atoms with E-state index >= 15 is 0 Å². The van der Waals surface area contributed by atoms with Crippen molar-refractivity contribution in [1.82, 2.24) is 4.57 Å². The molecule has 8 heteroatoms. The Kier molecular flexibility index (Phi) is 5.96.